The normalized spacial score (nSPS) is 27.9. The van der Waals surface area contributed by atoms with Gasteiger partial charge in [-0.2, -0.15) is 0 Å². The minimum Gasteiger partial charge on any atom is -0.480 e. The van der Waals surface area contributed by atoms with Crippen LogP contribution >= 0.6 is 0 Å². The molecule has 0 bridgehead atoms. The molecule has 7 nitrogen and oxygen atoms in total. The van der Waals surface area contributed by atoms with E-state index in [4.69, 9.17) is 9.84 Å². The van der Waals surface area contributed by atoms with Crippen LogP contribution in [0.5, 0.6) is 0 Å². The van der Waals surface area contributed by atoms with Crippen molar-refractivity contribution in [1.29, 1.82) is 0 Å². The van der Waals surface area contributed by atoms with Crippen LogP contribution in [0.25, 0.3) is 0 Å². The molecule has 1 amide bonds. The molecule has 3 atom stereocenters. The van der Waals surface area contributed by atoms with Gasteiger partial charge in [0.15, 0.2) is 0 Å². The number of carbonyl (C=O) groups excluding carboxylic acids is 2. The number of aliphatic hydroxyl groups excluding tert-OH is 1. The van der Waals surface area contributed by atoms with Gasteiger partial charge in [-0.15, -0.1) is 0 Å². The lowest BCUT2D eigenvalue weighted by Gasteiger charge is -2.38. The number of esters is 1. The van der Waals surface area contributed by atoms with Gasteiger partial charge in [0, 0.05) is 24.3 Å². The van der Waals surface area contributed by atoms with Crippen LogP contribution in [-0.4, -0.2) is 46.8 Å². The first-order valence-electron chi connectivity index (χ1n) is 7.45. The fraction of sp³-hybridized carbons (Fsp3) is 0.667. The molecule has 2 aliphatic rings. The monoisotopic (exact) mass is 311 g/mol. The average molecular weight is 311 g/mol. The molecule has 22 heavy (non-hydrogen) atoms. The van der Waals surface area contributed by atoms with Gasteiger partial charge in [0.2, 0.25) is 5.91 Å². The summed E-state index contributed by atoms with van der Waals surface area (Å²) in [5.74, 6) is -1.84. The molecule has 0 saturated heterocycles. The first-order chi connectivity index (χ1) is 10.4. The summed E-state index contributed by atoms with van der Waals surface area (Å²) in [5.41, 5.74) is 1.43. The Bertz CT molecular complexity index is 512. The van der Waals surface area contributed by atoms with Crippen LogP contribution in [0.15, 0.2) is 11.1 Å². The van der Waals surface area contributed by atoms with E-state index in [2.05, 4.69) is 5.32 Å². The maximum atomic E-state index is 12.1. The Morgan fingerprint density at radius 2 is 2.09 bits per heavy atom. The van der Waals surface area contributed by atoms with E-state index in [-0.39, 0.29) is 24.9 Å². The van der Waals surface area contributed by atoms with Crippen LogP contribution in [0.4, 0.5) is 0 Å². The van der Waals surface area contributed by atoms with Crippen molar-refractivity contribution in [2.24, 2.45) is 5.92 Å². The lowest BCUT2D eigenvalue weighted by atomic mass is 9.77. The number of aliphatic hydroxyl groups is 1. The largest absolute Gasteiger partial charge is 0.480 e. The molecule has 7 heteroatoms. The number of fused-ring (bicyclic) bond motifs is 1. The molecule has 122 valence electrons. The predicted molar refractivity (Wildman–Crippen MR) is 75.8 cm³/mol. The van der Waals surface area contributed by atoms with Gasteiger partial charge < -0.3 is 20.3 Å². The fourth-order valence-electron chi connectivity index (χ4n) is 3.13. The van der Waals surface area contributed by atoms with Crippen molar-refractivity contribution in [3.63, 3.8) is 0 Å². The molecule has 1 aliphatic heterocycles. The highest BCUT2D eigenvalue weighted by molar-refractivity contribution is 5.91. The highest BCUT2D eigenvalue weighted by Crippen LogP contribution is 2.38. The smallest absolute Gasteiger partial charge is 0.334 e. The number of rotatable bonds is 5. The Balaban J connectivity index is 1.97. The first kappa shape index (κ1) is 16.5. The topological polar surface area (TPSA) is 113 Å². The van der Waals surface area contributed by atoms with Gasteiger partial charge in [0.1, 0.15) is 12.6 Å². The average Bonchev–Trinajstić information content (AvgIpc) is 2.44. The van der Waals surface area contributed by atoms with Crippen molar-refractivity contribution in [3.8, 4) is 0 Å². The maximum Gasteiger partial charge on any atom is 0.334 e. The van der Waals surface area contributed by atoms with Gasteiger partial charge >= 0.3 is 11.9 Å². The second-order valence-corrected chi connectivity index (χ2v) is 5.85. The molecule has 1 aliphatic carbocycles. The summed E-state index contributed by atoms with van der Waals surface area (Å²) in [4.78, 5) is 34.0. The Kier molecular flexibility index (Phi) is 5.18. The van der Waals surface area contributed by atoms with Crippen molar-refractivity contribution in [1.82, 2.24) is 5.32 Å². The number of aliphatic carboxylic acids is 1. The molecule has 0 radical (unpaired) electrons. The van der Waals surface area contributed by atoms with E-state index in [0.29, 0.717) is 18.4 Å². The number of amides is 1. The highest BCUT2D eigenvalue weighted by atomic mass is 16.5. The Morgan fingerprint density at radius 1 is 1.36 bits per heavy atom. The summed E-state index contributed by atoms with van der Waals surface area (Å²) in [6.07, 6.45) is 1.49. The van der Waals surface area contributed by atoms with Crippen LogP contribution in [0.1, 0.15) is 39.0 Å². The molecule has 1 saturated carbocycles. The van der Waals surface area contributed by atoms with Crippen molar-refractivity contribution >= 4 is 17.8 Å². The summed E-state index contributed by atoms with van der Waals surface area (Å²) in [6, 6.07) is 0. The van der Waals surface area contributed by atoms with Gasteiger partial charge in [-0.25, -0.2) is 4.79 Å². The molecule has 0 aromatic rings. The van der Waals surface area contributed by atoms with Gasteiger partial charge in [-0.3, -0.25) is 9.59 Å². The van der Waals surface area contributed by atoms with Crippen LogP contribution in [0.3, 0.4) is 0 Å². The van der Waals surface area contributed by atoms with E-state index < -0.39 is 30.5 Å². The standard InChI is InChI=1S/C15H21NO6/c1-8-10-3-2-9(17)6-12(10)22-15(21)11(8)4-5-13(18)16-7-14(19)20/h9-10,12,17H,2-7H2,1H3,(H,16,18)(H,19,20). The molecule has 2 rings (SSSR count). The third kappa shape index (κ3) is 3.85. The van der Waals surface area contributed by atoms with Crippen LogP contribution in [0, 0.1) is 5.92 Å². The van der Waals surface area contributed by atoms with Crippen molar-refractivity contribution in [2.75, 3.05) is 6.54 Å². The molecule has 1 heterocycles. The van der Waals surface area contributed by atoms with Crippen LogP contribution in [-0.2, 0) is 19.1 Å². The third-order valence-electron chi connectivity index (χ3n) is 4.34. The van der Waals surface area contributed by atoms with Gasteiger partial charge in [0.25, 0.3) is 0 Å². The summed E-state index contributed by atoms with van der Waals surface area (Å²) in [7, 11) is 0. The number of hydrogen-bond acceptors (Lipinski definition) is 5. The Morgan fingerprint density at radius 3 is 2.77 bits per heavy atom. The molecular formula is C15H21NO6. The zero-order chi connectivity index (χ0) is 16.3. The minimum absolute atomic E-state index is 0.0507. The number of ether oxygens (including phenoxy) is 1. The fourth-order valence-corrected chi connectivity index (χ4v) is 3.13. The van der Waals surface area contributed by atoms with Crippen LogP contribution < -0.4 is 5.32 Å². The van der Waals surface area contributed by atoms with E-state index in [1.54, 1.807) is 0 Å². The van der Waals surface area contributed by atoms with Gasteiger partial charge in [-0.1, -0.05) is 5.57 Å². The number of hydrogen-bond donors (Lipinski definition) is 3. The van der Waals surface area contributed by atoms with E-state index in [1.807, 2.05) is 6.92 Å². The van der Waals surface area contributed by atoms with Crippen LogP contribution in [0.2, 0.25) is 0 Å². The highest BCUT2D eigenvalue weighted by Gasteiger charge is 2.39. The van der Waals surface area contributed by atoms with Gasteiger partial charge in [0.05, 0.1) is 6.10 Å². The predicted octanol–water partition coefficient (Wildman–Crippen LogP) is 0.370. The lowest BCUT2D eigenvalue weighted by Crippen LogP contribution is -2.40. The van der Waals surface area contributed by atoms with E-state index in [0.717, 1.165) is 12.0 Å². The molecule has 0 aromatic carbocycles. The second-order valence-electron chi connectivity index (χ2n) is 5.85. The Labute approximate surface area is 128 Å². The molecule has 1 fully saturated rings. The molecule has 0 spiro atoms. The molecule has 0 aromatic heterocycles. The van der Waals surface area contributed by atoms with E-state index in [9.17, 15) is 19.5 Å². The molecular weight excluding hydrogens is 290 g/mol. The second kappa shape index (κ2) is 6.91. The van der Waals surface area contributed by atoms with Crippen molar-refractivity contribution in [2.45, 2.75) is 51.2 Å². The van der Waals surface area contributed by atoms with E-state index >= 15 is 0 Å². The SMILES string of the molecule is CC1=C(CCC(=O)NCC(=O)O)C(=O)OC2CC(O)CCC12. The quantitative estimate of drug-likeness (QED) is 0.632. The summed E-state index contributed by atoms with van der Waals surface area (Å²) in [6.45, 7) is 1.45. The summed E-state index contributed by atoms with van der Waals surface area (Å²) in [5, 5.41) is 20.4. The summed E-state index contributed by atoms with van der Waals surface area (Å²) < 4.78 is 5.39. The third-order valence-corrected chi connectivity index (χ3v) is 4.34. The Hall–Kier alpha value is -1.89. The summed E-state index contributed by atoms with van der Waals surface area (Å²) >= 11 is 0. The number of carboxylic acids is 1. The lowest BCUT2D eigenvalue weighted by molar-refractivity contribution is -0.153. The zero-order valence-electron chi connectivity index (χ0n) is 12.5. The van der Waals surface area contributed by atoms with E-state index in [1.165, 1.54) is 0 Å². The zero-order valence-corrected chi connectivity index (χ0v) is 12.5. The minimum atomic E-state index is -1.11. The number of nitrogens with one attached hydrogen (secondary N) is 1. The van der Waals surface area contributed by atoms with Gasteiger partial charge in [-0.05, 0) is 26.2 Å². The number of carbonyl (C=O) groups is 3. The number of carboxylic acid groups (broad SMARTS) is 1. The first-order valence-corrected chi connectivity index (χ1v) is 7.45. The van der Waals surface area contributed by atoms with Crippen molar-refractivity contribution < 1.29 is 29.3 Å². The molecule has 3 unspecified atom stereocenters. The maximum absolute atomic E-state index is 12.1. The van der Waals surface area contributed by atoms with Crippen molar-refractivity contribution in [3.05, 3.63) is 11.1 Å². The molecule has 3 N–H and O–H groups in total.